The Labute approximate surface area is 103 Å². The summed E-state index contributed by atoms with van der Waals surface area (Å²) in [6, 6.07) is 0.855. The van der Waals surface area contributed by atoms with Crippen molar-refractivity contribution in [2.75, 3.05) is 20.3 Å². The van der Waals surface area contributed by atoms with Crippen LogP contribution in [-0.2, 0) is 4.74 Å². The van der Waals surface area contributed by atoms with Gasteiger partial charge in [0.1, 0.15) is 0 Å². The predicted octanol–water partition coefficient (Wildman–Crippen LogP) is 0.859. The zero-order valence-corrected chi connectivity index (χ0v) is 10.7. The Morgan fingerprint density at radius 2 is 2.06 bits per heavy atom. The van der Waals surface area contributed by atoms with Crippen molar-refractivity contribution >= 4 is 5.96 Å². The van der Waals surface area contributed by atoms with Crippen molar-refractivity contribution in [2.24, 2.45) is 10.8 Å². The molecule has 1 aliphatic heterocycles. The Bertz CT molecular complexity index is 257. The third kappa shape index (κ3) is 3.33. The zero-order chi connectivity index (χ0) is 12.1. The Morgan fingerprint density at radius 3 is 2.65 bits per heavy atom. The van der Waals surface area contributed by atoms with Gasteiger partial charge in [0.15, 0.2) is 0 Å². The standard InChI is InChI=1S/C12H24N4O/c1-16(11-7-8-17-9-11)12(15-13)14-10-5-3-2-4-6-10/h10-11H,2-9,13H2,1H3,(H,14,15). The van der Waals surface area contributed by atoms with E-state index in [1.54, 1.807) is 0 Å². The fourth-order valence-electron chi connectivity index (χ4n) is 2.61. The molecule has 2 aliphatic rings. The molecule has 98 valence electrons. The normalized spacial score (nSPS) is 27.2. The van der Waals surface area contributed by atoms with Gasteiger partial charge in [-0.3, -0.25) is 5.43 Å². The number of guanidine groups is 1. The summed E-state index contributed by atoms with van der Waals surface area (Å²) in [5, 5.41) is 0. The van der Waals surface area contributed by atoms with Gasteiger partial charge in [-0.1, -0.05) is 19.3 Å². The molecule has 5 nitrogen and oxygen atoms in total. The summed E-state index contributed by atoms with van der Waals surface area (Å²) >= 11 is 0. The van der Waals surface area contributed by atoms with Gasteiger partial charge in [0.2, 0.25) is 5.96 Å². The van der Waals surface area contributed by atoms with E-state index in [-0.39, 0.29) is 0 Å². The van der Waals surface area contributed by atoms with Gasteiger partial charge in [0, 0.05) is 13.7 Å². The fraction of sp³-hybridized carbons (Fsp3) is 0.917. The average molecular weight is 240 g/mol. The number of nitrogens with two attached hydrogens (primary N) is 1. The molecule has 0 amide bonds. The highest BCUT2D eigenvalue weighted by atomic mass is 16.5. The molecule has 1 saturated carbocycles. The van der Waals surface area contributed by atoms with Crippen LogP contribution in [0.5, 0.6) is 0 Å². The molecule has 0 aromatic heterocycles. The number of hydrazine groups is 1. The number of ether oxygens (including phenoxy) is 1. The lowest BCUT2D eigenvalue weighted by Gasteiger charge is -2.28. The Kier molecular flexibility index (Phi) is 4.62. The minimum atomic E-state index is 0.411. The van der Waals surface area contributed by atoms with Gasteiger partial charge in [-0.2, -0.15) is 0 Å². The Hall–Kier alpha value is -0.810. The molecule has 1 saturated heterocycles. The topological polar surface area (TPSA) is 62.9 Å². The van der Waals surface area contributed by atoms with Gasteiger partial charge in [-0.15, -0.1) is 0 Å². The highest BCUT2D eigenvalue weighted by molar-refractivity contribution is 5.79. The van der Waals surface area contributed by atoms with Crippen LogP contribution in [0.3, 0.4) is 0 Å². The van der Waals surface area contributed by atoms with Gasteiger partial charge < -0.3 is 9.64 Å². The van der Waals surface area contributed by atoms with Crippen LogP contribution in [0.2, 0.25) is 0 Å². The SMILES string of the molecule is CN(C(=NC1CCCCC1)NN)C1CCOC1. The number of hydrogen-bond acceptors (Lipinski definition) is 3. The summed E-state index contributed by atoms with van der Waals surface area (Å²) < 4.78 is 5.40. The van der Waals surface area contributed by atoms with Crippen LogP contribution in [0.1, 0.15) is 38.5 Å². The molecule has 5 heteroatoms. The zero-order valence-electron chi connectivity index (χ0n) is 10.7. The lowest BCUT2D eigenvalue weighted by atomic mass is 9.96. The fourth-order valence-corrected chi connectivity index (χ4v) is 2.61. The molecule has 1 aliphatic carbocycles. The lowest BCUT2D eigenvalue weighted by molar-refractivity contribution is 0.178. The largest absolute Gasteiger partial charge is 0.379 e. The molecule has 1 heterocycles. The molecule has 0 bridgehead atoms. The molecule has 1 atom stereocenters. The molecule has 0 spiro atoms. The van der Waals surface area contributed by atoms with E-state index in [9.17, 15) is 0 Å². The monoisotopic (exact) mass is 240 g/mol. The summed E-state index contributed by atoms with van der Waals surface area (Å²) in [6.07, 6.45) is 7.39. The van der Waals surface area contributed by atoms with E-state index in [1.165, 1.54) is 32.1 Å². The van der Waals surface area contributed by atoms with Crippen LogP contribution >= 0.6 is 0 Å². The highest BCUT2D eigenvalue weighted by Crippen LogP contribution is 2.21. The molecule has 0 aromatic carbocycles. The minimum absolute atomic E-state index is 0.411. The quantitative estimate of drug-likeness (QED) is 0.325. The van der Waals surface area contributed by atoms with Gasteiger partial charge in [0.05, 0.1) is 18.7 Å². The minimum Gasteiger partial charge on any atom is -0.379 e. The van der Waals surface area contributed by atoms with E-state index in [4.69, 9.17) is 15.6 Å². The van der Waals surface area contributed by atoms with Crippen molar-refractivity contribution in [1.29, 1.82) is 0 Å². The second-order valence-corrected chi connectivity index (χ2v) is 5.02. The Balaban J connectivity index is 1.95. The van der Waals surface area contributed by atoms with E-state index in [0.717, 1.165) is 25.6 Å². The van der Waals surface area contributed by atoms with E-state index < -0.39 is 0 Å². The second kappa shape index (κ2) is 6.21. The smallest absolute Gasteiger partial charge is 0.208 e. The molecule has 1 unspecified atom stereocenters. The van der Waals surface area contributed by atoms with E-state index >= 15 is 0 Å². The van der Waals surface area contributed by atoms with Crippen molar-refractivity contribution in [3.8, 4) is 0 Å². The van der Waals surface area contributed by atoms with Crippen molar-refractivity contribution in [3.63, 3.8) is 0 Å². The van der Waals surface area contributed by atoms with E-state index in [0.29, 0.717) is 12.1 Å². The number of nitrogens with zero attached hydrogens (tertiary/aromatic N) is 2. The number of aliphatic imine (C=N–C) groups is 1. The van der Waals surface area contributed by atoms with E-state index in [2.05, 4.69) is 10.3 Å². The molecular formula is C12H24N4O. The van der Waals surface area contributed by atoms with Gasteiger partial charge in [-0.05, 0) is 19.3 Å². The first-order valence-electron chi connectivity index (χ1n) is 6.66. The van der Waals surface area contributed by atoms with Crippen LogP contribution in [-0.4, -0.2) is 43.2 Å². The summed E-state index contributed by atoms with van der Waals surface area (Å²) in [5.74, 6) is 6.41. The van der Waals surface area contributed by atoms with Crippen LogP contribution in [0, 0.1) is 0 Å². The summed E-state index contributed by atoms with van der Waals surface area (Å²) in [5.41, 5.74) is 2.75. The van der Waals surface area contributed by atoms with Gasteiger partial charge in [-0.25, -0.2) is 10.8 Å². The first-order chi connectivity index (χ1) is 8.31. The molecule has 2 rings (SSSR count). The highest BCUT2D eigenvalue weighted by Gasteiger charge is 2.23. The van der Waals surface area contributed by atoms with Crippen LogP contribution in [0.15, 0.2) is 4.99 Å². The van der Waals surface area contributed by atoms with Crippen LogP contribution in [0.25, 0.3) is 0 Å². The van der Waals surface area contributed by atoms with Crippen molar-refractivity contribution < 1.29 is 4.74 Å². The van der Waals surface area contributed by atoms with Crippen molar-refractivity contribution in [2.45, 2.75) is 50.6 Å². The summed E-state index contributed by atoms with van der Waals surface area (Å²) in [4.78, 5) is 6.88. The van der Waals surface area contributed by atoms with Crippen molar-refractivity contribution in [1.82, 2.24) is 10.3 Å². The number of hydrogen-bond donors (Lipinski definition) is 2. The number of rotatable bonds is 2. The molecule has 3 N–H and O–H groups in total. The van der Waals surface area contributed by atoms with Gasteiger partial charge in [0.25, 0.3) is 0 Å². The summed E-state index contributed by atoms with van der Waals surface area (Å²) in [7, 11) is 2.04. The maximum Gasteiger partial charge on any atom is 0.208 e. The molecular weight excluding hydrogens is 216 g/mol. The third-order valence-electron chi connectivity index (χ3n) is 3.80. The average Bonchev–Trinajstić information content (AvgIpc) is 2.90. The first-order valence-corrected chi connectivity index (χ1v) is 6.66. The van der Waals surface area contributed by atoms with Gasteiger partial charge >= 0.3 is 0 Å². The maximum atomic E-state index is 5.60. The molecule has 17 heavy (non-hydrogen) atoms. The molecule has 2 fully saturated rings. The predicted molar refractivity (Wildman–Crippen MR) is 68.6 cm³/mol. The van der Waals surface area contributed by atoms with Crippen molar-refractivity contribution in [3.05, 3.63) is 0 Å². The lowest BCUT2D eigenvalue weighted by Crippen LogP contribution is -2.48. The van der Waals surface area contributed by atoms with Crippen LogP contribution in [0.4, 0.5) is 0 Å². The first kappa shape index (κ1) is 12.6. The van der Waals surface area contributed by atoms with Crippen LogP contribution < -0.4 is 11.3 Å². The Morgan fingerprint density at radius 1 is 1.29 bits per heavy atom. The molecule has 0 radical (unpaired) electrons. The molecule has 0 aromatic rings. The number of likely N-dealkylation sites (N-methyl/N-ethyl adjacent to an activating group) is 1. The van der Waals surface area contributed by atoms with E-state index in [1.807, 2.05) is 7.05 Å². The third-order valence-corrected chi connectivity index (χ3v) is 3.80. The second-order valence-electron chi connectivity index (χ2n) is 5.02. The maximum absolute atomic E-state index is 5.60. The number of nitrogens with one attached hydrogen (secondary N) is 1. The summed E-state index contributed by atoms with van der Waals surface area (Å²) in [6.45, 7) is 1.62.